The summed E-state index contributed by atoms with van der Waals surface area (Å²) in [6.45, 7) is 0. The number of halogens is 1. The van der Waals surface area contributed by atoms with E-state index in [-0.39, 0.29) is 23.1 Å². The number of nitrogens with zero attached hydrogens (tertiary/aromatic N) is 1. The first-order valence-corrected chi connectivity index (χ1v) is 9.12. The highest BCUT2D eigenvalue weighted by atomic mass is 79.9. The SMILES string of the molecule is CN1C2C=CC1CC(OC(=O)C1(O)c3ccccc3-c3ccccc31)C2.[Br-]. The van der Waals surface area contributed by atoms with E-state index in [9.17, 15) is 9.90 Å². The number of benzene rings is 2. The number of hydrogen-bond donors (Lipinski definition) is 1. The van der Waals surface area contributed by atoms with Gasteiger partial charge in [-0.1, -0.05) is 60.7 Å². The summed E-state index contributed by atoms with van der Waals surface area (Å²) in [5.74, 6) is -0.566. The summed E-state index contributed by atoms with van der Waals surface area (Å²) in [5, 5.41) is 11.5. The molecule has 27 heavy (non-hydrogen) atoms. The molecule has 4 nitrogen and oxygen atoms in total. The van der Waals surface area contributed by atoms with E-state index in [1.807, 2.05) is 48.5 Å². The van der Waals surface area contributed by atoms with Crippen molar-refractivity contribution in [1.82, 2.24) is 4.90 Å². The molecule has 0 aromatic heterocycles. The van der Waals surface area contributed by atoms with Crippen molar-refractivity contribution in [3.63, 3.8) is 0 Å². The van der Waals surface area contributed by atoms with E-state index < -0.39 is 11.6 Å². The summed E-state index contributed by atoms with van der Waals surface area (Å²) in [5.41, 5.74) is 1.28. The third-order valence-corrected chi connectivity index (χ3v) is 6.10. The standard InChI is InChI=1S/C22H21NO3.BrH/c1-23-14-10-11-15(23)13-16(12-14)26-21(24)22(25)19-8-4-2-6-17(19)18-7-3-5-9-20(18)22;/h2-11,14-16,25H,12-13H2,1H3;1H/p-1. The lowest BCUT2D eigenvalue weighted by Gasteiger charge is -2.37. The molecule has 1 N–H and O–H groups in total. The van der Waals surface area contributed by atoms with Gasteiger partial charge in [0.25, 0.3) is 0 Å². The molecule has 0 amide bonds. The van der Waals surface area contributed by atoms with Crippen molar-refractivity contribution in [1.29, 1.82) is 0 Å². The van der Waals surface area contributed by atoms with Gasteiger partial charge in [0.2, 0.25) is 5.60 Å². The van der Waals surface area contributed by atoms with Crippen LogP contribution < -0.4 is 17.0 Å². The van der Waals surface area contributed by atoms with Gasteiger partial charge in [-0.3, -0.25) is 4.90 Å². The van der Waals surface area contributed by atoms with Gasteiger partial charge in [-0.15, -0.1) is 0 Å². The van der Waals surface area contributed by atoms with Gasteiger partial charge in [-0.05, 0) is 18.2 Å². The molecule has 5 heteroatoms. The summed E-state index contributed by atoms with van der Waals surface area (Å²) in [7, 11) is 2.10. The molecule has 140 valence electrons. The van der Waals surface area contributed by atoms with Gasteiger partial charge in [-0.25, -0.2) is 4.79 Å². The van der Waals surface area contributed by atoms with Crippen LogP contribution in [0.5, 0.6) is 0 Å². The number of aliphatic hydroxyl groups is 1. The second-order valence-corrected chi connectivity index (χ2v) is 7.49. The van der Waals surface area contributed by atoms with Crippen LogP contribution in [0.4, 0.5) is 0 Å². The molecule has 5 rings (SSSR count). The van der Waals surface area contributed by atoms with E-state index in [1.165, 1.54) is 0 Å². The minimum Gasteiger partial charge on any atom is -1.00 e. The second kappa shape index (κ2) is 6.59. The molecule has 2 heterocycles. The summed E-state index contributed by atoms with van der Waals surface area (Å²) in [6.07, 6.45) is 5.75. The molecule has 0 radical (unpaired) electrons. The van der Waals surface area contributed by atoms with Crippen molar-refractivity contribution in [2.45, 2.75) is 36.6 Å². The van der Waals surface area contributed by atoms with Crippen molar-refractivity contribution in [2.75, 3.05) is 7.05 Å². The highest BCUT2D eigenvalue weighted by molar-refractivity contribution is 5.96. The fourth-order valence-corrected chi connectivity index (χ4v) is 4.66. The predicted octanol–water partition coefficient (Wildman–Crippen LogP) is -0.149. The van der Waals surface area contributed by atoms with Crippen molar-refractivity contribution >= 4 is 5.97 Å². The van der Waals surface area contributed by atoms with Crippen LogP contribution in [0.3, 0.4) is 0 Å². The van der Waals surface area contributed by atoms with Gasteiger partial charge in [-0.2, -0.15) is 0 Å². The third kappa shape index (κ3) is 2.60. The Morgan fingerprint density at radius 2 is 1.48 bits per heavy atom. The molecule has 1 fully saturated rings. The zero-order chi connectivity index (χ0) is 17.9. The molecule has 1 saturated heterocycles. The van der Waals surface area contributed by atoms with Gasteiger partial charge < -0.3 is 26.8 Å². The average molecular weight is 427 g/mol. The molecule has 2 bridgehead atoms. The Morgan fingerprint density at radius 3 is 2.00 bits per heavy atom. The zero-order valence-corrected chi connectivity index (χ0v) is 16.6. The minimum atomic E-state index is -1.73. The second-order valence-electron chi connectivity index (χ2n) is 7.49. The van der Waals surface area contributed by atoms with E-state index in [0.29, 0.717) is 23.2 Å². The molecular weight excluding hydrogens is 406 g/mol. The molecule has 3 aliphatic rings. The van der Waals surface area contributed by atoms with Crippen molar-refractivity contribution < 1.29 is 31.6 Å². The minimum absolute atomic E-state index is 0. The van der Waals surface area contributed by atoms with E-state index in [4.69, 9.17) is 4.74 Å². The largest absolute Gasteiger partial charge is 1.00 e. The molecule has 0 spiro atoms. The van der Waals surface area contributed by atoms with Crippen molar-refractivity contribution in [2.24, 2.45) is 0 Å². The van der Waals surface area contributed by atoms with E-state index in [2.05, 4.69) is 24.1 Å². The Bertz CT molecular complexity index is 864. The maximum Gasteiger partial charge on any atom is 0.348 e. The molecule has 0 saturated carbocycles. The van der Waals surface area contributed by atoms with Gasteiger partial charge in [0, 0.05) is 36.1 Å². The normalized spacial score (nSPS) is 26.8. The lowest BCUT2D eigenvalue weighted by atomic mass is 9.91. The zero-order valence-electron chi connectivity index (χ0n) is 15.0. The van der Waals surface area contributed by atoms with Gasteiger partial charge in [0.1, 0.15) is 6.10 Å². The topological polar surface area (TPSA) is 49.8 Å². The predicted molar refractivity (Wildman–Crippen MR) is 98.5 cm³/mol. The van der Waals surface area contributed by atoms with Crippen LogP contribution in [0.2, 0.25) is 0 Å². The molecule has 2 aromatic carbocycles. The molecule has 2 unspecified atom stereocenters. The third-order valence-electron chi connectivity index (χ3n) is 6.10. The monoisotopic (exact) mass is 426 g/mol. The first-order chi connectivity index (χ1) is 12.6. The summed E-state index contributed by atoms with van der Waals surface area (Å²) < 4.78 is 5.87. The quantitative estimate of drug-likeness (QED) is 0.535. The molecule has 2 aliphatic heterocycles. The van der Waals surface area contributed by atoms with Crippen LogP contribution in [-0.2, 0) is 15.1 Å². The van der Waals surface area contributed by atoms with Crippen LogP contribution >= 0.6 is 0 Å². The Hall–Kier alpha value is -1.95. The summed E-state index contributed by atoms with van der Waals surface area (Å²) in [6, 6.07) is 15.7. The van der Waals surface area contributed by atoms with Crippen LogP contribution in [0.15, 0.2) is 60.7 Å². The number of ether oxygens (including phenoxy) is 1. The van der Waals surface area contributed by atoms with Crippen LogP contribution in [0.1, 0.15) is 24.0 Å². The van der Waals surface area contributed by atoms with E-state index in [1.54, 1.807) is 0 Å². The van der Waals surface area contributed by atoms with Gasteiger partial charge >= 0.3 is 5.97 Å². The van der Waals surface area contributed by atoms with Crippen molar-refractivity contribution in [3.05, 3.63) is 71.8 Å². The number of piperidine rings is 1. The molecule has 1 aliphatic carbocycles. The Morgan fingerprint density at radius 1 is 1.00 bits per heavy atom. The number of carbonyl (C=O) groups is 1. The lowest BCUT2D eigenvalue weighted by molar-refractivity contribution is -0.170. The number of esters is 1. The van der Waals surface area contributed by atoms with Crippen LogP contribution in [0.25, 0.3) is 11.1 Å². The number of likely N-dealkylation sites (N-methyl/N-ethyl adjacent to an activating group) is 1. The fraction of sp³-hybridized carbons (Fsp3) is 0.318. The number of fused-ring (bicyclic) bond motifs is 5. The van der Waals surface area contributed by atoms with E-state index >= 15 is 0 Å². The summed E-state index contributed by atoms with van der Waals surface area (Å²) >= 11 is 0. The Kier molecular flexibility index (Phi) is 4.49. The molecule has 2 atom stereocenters. The first kappa shape index (κ1) is 18.4. The van der Waals surface area contributed by atoms with Gasteiger partial charge in [0.15, 0.2) is 0 Å². The maximum absolute atomic E-state index is 13.2. The smallest absolute Gasteiger partial charge is 0.348 e. The Balaban J connectivity index is 0.00000180. The molecular formula is C22H21BrNO3-. The highest BCUT2D eigenvalue weighted by Crippen LogP contribution is 2.48. The van der Waals surface area contributed by atoms with Crippen LogP contribution in [0, 0.1) is 0 Å². The number of rotatable bonds is 2. The highest BCUT2D eigenvalue weighted by Gasteiger charge is 2.50. The number of hydrogen-bond acceptors (Lipinski definition) is 4. The lowest BCUT2D eigenvalue weighted by Crippen LogP contribution is -3.00. The summed E-state index contributed by atoms with van der Waals surface area (Å²) in [4.78, 5) is 15.5. The van der Waals surface area contributed by atoms with Crippen LogP contribution in [-0.4, -0.2) is 41.2 Å². The maximum atomic E-state index is 13.2. The Labute approximate surface area is 169 Å². The average Bonchev–Trinajstić information content (AvgIpc) is 3.03. The first-order valence-electron chi connectivity index (χ1n) is 9.12. The van der Waals surface area contributed by atoms with Crippen molar-refractivity contribution in [3.8, 4) is 11.1 Å². The number of carbonyl (C=O) groups excluding carboxylic acids is 1. The fourth-order valence-electron chi connectivity index (χ4n) is 4.66. The van der Waals surface area contributed by atoms with E-state index in [0.717, 1.165) is 24.0 Å². The molecule has 2 aromatic rings. The van der Waals surface area contributed by atoms with Gasteiger partial charge in [0.05, 0.1) is 0 Å².